The van der Waals surface area contributed by atoms with Crippen LogP contribution in [0.4, 0.5) is 0 Å². The molecule has 1 heterocycles. The zero-order valence-corrected chi connectivity index (χ0v) is 9.90. The second-order valence-corrected chi connectivity index (χ2v) is 4.29. The maximum atomic E-state index is 11.6. The molecule has 0 aliphatic heterocycles. The molecule has 0 fully saturated rings. The van der Waals surface area contributed by atoms with E-state index in [2.05, 4.69) is 25.1 Å². The first-order valence-electron chi connectivity index (χ1n) is 5.33. The van der Waals surface area contributed by atoms with Gasteiger partial charge in [-0.15, -0.1) is 0 Å². The van der Waals surface area contributed by atoms with E-state index in [0.717, 1.165) is 5.52 Å². The van der Waals surface area contributed by atoms with E-state index in [9.17, 15) is 4.79 Å². The Balaban J connectivity index is 2.38. The van der Waals surface area contributed by atoms with Crippen LogP contribution in [-0.4, -0.2) is 29.5 Å². The standard InChI is InChI=1S/C13H16N2O/c1-10-4-5-11-6-7-15(12(11)8-10)9-13(16)14(2)3/h4-8H,9H2,1-3H3. The lowest BCUT2D eigenvalue weighted by Crippen LogP contribution is -2.25. The molecule has 1 aromatic carbocycles. The Hall–Kier alpha value is -1.77. The molecular weight excluding hydrogens is 200 g/mol. The predicted molar refractivity (Wildman–Crippen MR) is 65.4 cm³/mol. The van der Waals surface area contributed by atoms with Gasteiger partial charge in [-0.25, -0.2) is 0 Å². The van der Waals surface area contributed by atoms with Gasteiger partial charge in [0.1, 0.15) is 6.54 Å². The summed E-state index contributed by atoms with van der Waals surface area (Å²) in [6, 6.07) is 8.32. The van der Waals surface area contributed by atoms with E-state index >= 15 is 0 Å². The Morgan fingerprint density at radius 3 is 2.75 bits per heavy atom. The number of hydrogen-bond donors (Lipinski definition) is 0. The first-order chi connectivity index (χ1) is 7.58. The molecule has 2 aromatic rings. The highest BCUT2D eigenvalue weighted by Crippen LogP contribution is 2.17. The van der Waals surface area contributed by atoms with Gasteiger partial charge in [0.05, 0.1) is 0 Å². The topological polar surface area (TPSA) is 25.2 Å². The minimum absolute atomic E-state index is 0.110. The van der Waals surface area contributed by atoms with Gasteiger partial charge < -0.3 is 9.47 Å². The third-order valence-corrected chi connectivity index (χ3v) is 2.73. The summed E-state index contributed by atoms with van der Waals surface area (Å²) in [4.78, 5) is 13.3. The van der Waals surface area contributed by atoms with Crippen LogP contribution >= 0.6 is 0 Å². The number of fused-ring (bicyclic) bond motifs is 1. The fourth-order valence-corrected chi connectivity index (χ4v) is 1.72. The summed E-state index contributed by atoms with van der Waals surface area (Å²) < 4.78 is 1.99. The molecule has 0 radical (unpaired) electrons. The number of rotatable bonds is 2. The normalized spacial score (nSPS) is 10.7. The van der Waals surface area contributed by atoms with Gasteiger partial charge >= 0.3 is 0 Å². The summed E-state index contributed by atoms with van der Waals surface area (Å²) in [6.45, 7) is 2.46. The molecule has 0 atom stereocenters. The number of hydrogen-bond acceptors (Lipinski definition) is 1. The molecule has 1 amide bonds. The summed E-state index contributed by atoms with van der Waals surface area (Å²) in [5, 5.41) is 1.18. The highest BCUT2D eigenvalue weighted by molar-refractivity contribution is 5.83. The lowest BCUT2D eigenvalue weighted by atomic mass is 10.2. The second kappa shape index (κ2) is 4.00. The Labute approximate surface area is 95.3 Å². The number of likely N-dealkylation sites (N-methyl/N-ethyl adjacent to an activating group) is 1. The molecule has 0 bridgehead atoms. The molecule has 3 nitrogen and oxygen atoms in total. The highest BCUT2D eigenvalue weighted by atomic mass is 16.2. The van der Waals surface area contributed by atoms with E-state index in [-0.39, 0.29) is 5.91 Å². The van der Waals surface area contributed by atoms with Crippen molar-refractivity contribution in [2.24, 2.45) is 0 Å². The van der Waals surface area contributed by atoms with Crippen LogP contribution in [0, 0.1) is 6.92 Å². The maximum absolute atomic E-state index is 11.6. The van der Waals surface area contributed by atoms with Crippen LogP contribution in [0.3, 0.4) is 0 Å². The fourth-order valence-electron chi connectivity index (χ4n) is 1.72. The lowest BCUT2D eigenvalue weighted by molar-refractivity contribution is -0.129. The van der Waals surface area contributed by atoms with Crippen LogP contribution in [0.15, 0.2) is 30.5 Å². The predicted octanol–water partition coefficient (Wildman–Crippen LogP) is 2.04. The van der Waals surface area contributed by atoms with Crippen LogP contribution < -0.4 is 0 Å². The van der Waals surface area contributed by atoms with Crippen molar-refractivity contribution < 1.29 is 4.79 Å². The maximum Gasteiger partial charge on any atom is 0.241 e. The molecule has 0 aliphatic carbocycles. The molecule has 3 heteroatoms. The minimum atomic E-state index is 0.110. The Bertz CT molecular complexity index is 526. The lowest BCUT2D eigenvalue weighted by Gasteiger charge is -2.11. The van der Waals surface area contributed by atoms with Crippen molar-refractivity contribution in [3.8, 4) is 0 Å². The van der Waals surface area contributed by atoms with E-state index in [1.165, 1.54) is 10.9 Å². The second-order valence-electron chi connectivity index (χ2n) is 4.29. The summed E-state index contributed by atoms with van der Waals surface area (Å²) in [7, 11) is 3.55. The van der Waals surface area contributed by atoms with Gasteiger partial charge in [-0.3, -0.25) is 4.79 Å². The average molecular weight is 216 g/mol. The molecule has 0 saturated carbocycles. The SMILES string of the molecule is Cc1ccc2ccn(CC(=O)N(C)C)c2c1. The third-order valence-electron chi connectivity index (χ3n) is 2.73. The van der Waals surface area contributed by atoms with Crippen LogP contribution in [0.25, 0.3) is 10.9 Å². The van der Waals surface area contributed by atoms with Gasteiger partial charge in [-0.2, -0.15) is 0 Å². The first-order valence-corrected chi connectivity index (χ1v) is 5.33. The Morgan fingerprint density at radius 2 is 2.06 bits per heavy atom. The molecule has 0 saturated heterocycles. The summed E-state index contributed by atoms with van der Waals surface area (Å²) in [5.74, 6) is 0.110. The number of carbonyl (C=O) groups is 1. The fraction of sp³-hybridized carbons (Fsp3) is 0.308. The zero-order valence-electron chi connectivity index (χ0n) is 9.90. The van der Waals surface area contributed by atoms with Crippen molar-refractivity contribution in [2.75, 3.05) is 14.1 Å². The van der Waals surface area contributed by atoms with Crippen molar-refractivity contribution in [1.29, 1.82) is 0 Å². The van der Waals surface area contributed by atoms with Gasteiger partial charge in [0.2, 0.25) is 5.91 Å². The Morgan fingerprint density at radius 1 is 1.31 bits per heavy atom. The summed E-state index contributed by atoms with van der Waals surface area (Å²) in [6.07, 6.45) is 1.96. The van der Waals surface area contributed by atoms with E-state index in [4.69, 9.17) is 0 Å². The summed E-state index contributed by atoms with van der Waals surface area (Å²) >= 11 is 0. The van der Waals surface area contributed by atoms with Gasteiger partial charge in [0, 0.05) is 25.8 Å². The van der Waals surface area contributed by atoms with Crippen molar-refractivity contribution >= 4 is 16.8 Å². The zero-order chi connectivity index (χ0) is 11.7. The third kappa shape index (κ3) is 1.94. The number of nitrogens with zero attached hydrogens (tertiary/aromatic N) is 2. The van der Waals surface area contributed by atoms with Gasteiger partial charge in [-0.05, 0) is 30.0 Å². The average Bonchev–Trinajstić information content (AvgIpc) is 2.61. The molecule has 1 aromatic heterocycles. The molecule has 0 N–H and O–H groups in total. The Kier molecular flexibility index (Phi) is 2.69. The van der Waals surface area contributed by atoms with Crippen LogP contribution in [-0.2, 0) is 11.3 Å². The number of aryl methyl sites for hydroxylation is 1. The van der Waals surface area contributed by atoms with E-state index < -0.39 is 0 Å². The smallest absolute Gasteiger partial charge is 0.241 e. The molecular formula is C13H16N2O. The van der Waals surface area contributed by atoms with Crippen molar-refractivity contribution in [1.82, 2.24) is 9.47 Å². The van der Waals surface area contributed by atoms with Gasteiger partial charge in [0.25, 0.3) is 0 Å². The van der Waals surface area contributed by atoms with Gasteiger partial charge in [0.15, 0.2) is 0 Å². The van der Waals surface area contributed by atoms with Crippen molar-refractivity contribution in [3.63, 3.8) is 0 Å². The number of benzene rings is 1. The van der Waals surface area contributed by atoms with Crippen LogP contribution in [0.1, 0.15) is 5.56 Å². The monoisotopic (exact) mass is 216 g/mol. The largest absolute Gasteiger partial charge is 0.347 e. The number of carbonyl (C=O) groups excluding carboxylic acids is 1. The van der Waals surface area contributed by atoms with Gasteiger partial charge in [-0.1, -0.05) is 12.1 Å². The van der Waals surface area contributed by atoms with E-state index in [0.29, 0.717) is 6.54 Å². The molecule has 16 heavy (non-hydrogen) atoms. The van der Waals surface area contributed by atoms with E-state index in [1.807, 2.05) is 16.8 Å². The van der Waals surface area contributed by atoms with E-state index in [1.54, 1.807) is 19.0 Å². The quantitative estimate of drug-likeness (QED) is 0.754. The summed E-state index contributed by atoms with van der Waals surface area (Å²) in [5.41, 5.74) is 2.33. The van der Waals surface area contributed by atoms with Crippen LogP contribution in [0.5, 0.6) is 0 Å². The minimum Gasteiger partial charge on any atom is -0.347 e. The van der Waals surface area contributed by atoms with Crippen molar-refractivity contribution in [2.45, 2.75) is 13.5 Å². The van der Waals surface area contributed by atoms with Crippen molar-refractivity contribution in [3.05, 3.63) is 36.0 Å². The molecule has 84 valence electrons. The molecule has 0 aliphatic rings. The van der Waals surface area contributed by atoms with Crippen LogP contribution in [0.2, 0.25) is 0 Å². The number of aromatic nitrogens is 1. The first kappa shape index (κ1) is 10.7. The highest BCUT2D eigenvalue weighted by Gasteiger charge is 2.07. The molecule has 0 spiro atoms. The molecule has 2 rings (SSSR count). The number of amides is 1. The molecule has 0 unspecified atom stereocenters.